The third kappa shape index (κ3) is 5.06. The molecular weight excluding hydrogens is 348 g/mol. The molecule has 0 aliphatic carbocycles. The van der Waals surface area contributed by atoms with Crippen molar-refractivity contribution in [1.29, 1.82) is 0 Å². The van der Waals surface area contributed by atoms with Crippen LogP contribution in [0.15, 0.2) is 34.8 Å². The Bertz CT molecular complexity index is 678. The summed E-state index contributed by atoms with van der Waals surface area (Å²) in [5.74, 6) is 0.837. The van der Waals surface area contributed by atoms with Crippen LogP contribution in [-0.2, 0) is 18.3 Å². The average molecular weight is 377 g/mol. The van der Waals surface area contributed by atoms with Crippen molar-refractivity contribution >= 4 is 17.3 Å². The van der Waals surface area contributed by atoms with Crippen LogP contribution in [-0.4, -0.2) is 60.0 Å². The Morgan fingerprint density at radius 2 is 2.19 bits per heavy atom. The summed E-state index contributed by atoms with van der Waals surface area (Å²) in [4.78, 5) is 8.58. The number of nitrogens with one attached hydrogen (secondary N) is 2. The minimum absolute atomic E-state index is 0.333. The number of aliphatic imine (C=N–C) groups is 1. The molecule has 0 amide bonds. The van der Waals surface area contributed by atoms with Crippen molar-refractivity contribution in [2.45, 2.75) is 19.5 Å². The van der Waals surface area contributed by atoms with Crippen molar-refractivity contribution in [2.24, 2.45) is 12.0 Å². The van der Waals surface area contributed by atoms with Gasteiger partial charge >= 0.3 is 0 Å². The van der Waals surface area contributed by atoms with Gasteiger partial charge in [-0.05, 0) is 24.4 Å². The highest BCUT2D eigenvalue weighted by atomic mass is 32.1. The molecule has 7 nitrogen and oxygen atoms in total. The van der Waals surface area contributed by atoms with Crippen LogP contribution in [0.4, 0.5) is 0 Å². The Labute approximate surface area is 159 Å². The molecule has 2 aromatic heterocycles. The molecule has 0 saturated carbocycles. The normalized spacial score (nSPS) is 17.2. The molecule has 2 N–H and O–H groups in total. The number of rotatable bonds is 7. The molecule has 0 bridgehead atoms. The first kappa shape index (κ1) is 18.9. The van der Waals surface area contributed by atoms with Crippen LogP contribution in [0, 0.1) is 0 Å². The van der Waals surface area contributed by atoms with E-state index in [1.807, 2.05) is 29.1 Å². The van der Waals surface area contributed by atoms with Crippen molar-refractivity contribution in [1.82, 2.24) is 25.3 Å². The van der Waals surface area contributed by atoms with Crippen LogP contribution in [0.5, 0.6) is 0 Å². The van der Waals surface area contributed by atoms with Gasteiger partial charge in [0.1, 0.15) is 0 Å². The summed E-state index contributed by atoms with van der Waals surface area (Å²) in [6.45, 7) is 7.87. The number of hydrogen-bond donors (Lipinski definition) is 2. The van der Waals surface area contributed by atoms with Crippen LogP contribution >= 0.6 is 11.3 Å². The van der Waals surface area contributed by atoms with Gasteiger partial charge in [-0.15, -0.1) is 11.3 Å². The second kappa shape index (κ2) is 9.70. The number of thiophene rings is 1. The fourth-order valence-corrected chi connectivity index (χ4v) is 3.89. The van der Waals surface area contributed by atoms with Gasteiger partial charge < -0.3 is 15.4 Å². The number of aromatic nitrogens is 2. The highest BCUT2D eigenvalue weighted by Crippen LogP contribution is 2.25. The summed E-state index contributed by atoms with van der Waals surface area (Å²) in [5.41, 5.74) is 1.09. The average Bonchev–Trinajstić information content (AvgIpc) is 3.33. The molecule has 8 heteroatoms. The molecule has 142 valence electrons. The molecule has 1 fully saturated rings. The van der Waals surface area contributed by atoms with E-state index >= 15 is 0 Å². The SMILES string of the molecule is CCNC(=NCc1ccnn1C)NCC(c1cccs1)N1CCOCC1. The van der Waals surface area contributed by atoms with E-state index in [0.717, 1.165) is 51.0 Å². The number of aryl methyl sites for hydroxylation is 1. The van der Waals surface area contributed by atoms with Gasteiger partial charge in [-0.1, -0.05) is 6.07 Å². The van der Waals surface area contributed by atoms with E-state index in [1.54, 1.807) is 6.20 Å². The van der Waals surface area contributed by atoms with Gasteiger partial charge in [0.05, 0.1) is 31.5 Å². The van der Waals surface area contributed by atoms with Gasteiger partial charge in [-0.3, -0.25) is 9.58 Å². The van der Waals surface area contributed by atoms with Gasteiger partial charge in [0, 0.05) is 44.3 Å². The highest BCUT2D eigenvalue weighted by Gasteiger charge is 2.23. The van der Waals surface area contributed by atoms with E-state index in [2.05, 4.69) is 45.1 Å². The molecule has 1 aliphatic rings. The Kier molecular flexibility index (Phi) is 7.04. The lowest BCUT2D eigenvalue weighted by atomic mass is 10.2. The molecule has 1 aliphatic heterocycles. The minimum atomic E-state index is 0.333. The zero-order valence-corrected chi connectivity index (χ0v) is 16.3. The first-order valence-corrected chi connectivity index (χ1v) is 10.00. The molecule has 0 radical (unpaired) electrons. The van der Waals surface area contributed by atoms with Crippen molar-refractivity contribution in [3.8, 4) is 0 Å². The predicted molar refractivity (Wildman–Crippen MR) is 105 cm³/mol. The standard InChI is InChI=1S/C18H28N6OS/c1-3-19-18(20-13-15-6-7-22-23(15)2)21-14-16(17-5-4-12-26-17)24-8-10-25-11-9-24/h4-7,12,16H,3,8-11,13-14H2,1-2H3,(H2,19,20,21). The Morgan fingerprint density at radius 1 is 1.35 bits per heavy atom. The fourth-order valence-electron chi connectivity index (χ4n) is 3.03. The number of guanidine groups is 1. The lowest BCUT2D eigenvalue weighted by Gasteiger charge is -2.34. The van der Waals surface area contributed by atoms with Gasteiger partial charge in [-0.2, -0.15) is 5.10 Å². The molecule has 3 rings (SSSR count). The summed E-state index contributed by atoms with van der Waals surface area (Å²) in [6, 6.07) is 6.66. The van der Waals surface area contributed by atoms with Crippen LogP contribution in [0.2, 0.25) is 0 Å². The monoisotopic (exact) mass is 376 g/mol. The van der Waals surface area contributed by atoms with Crippen LogP contribution in [0.1, 0.15) is 23.5 Å². The van der Waals surface area contributed by atoms with E-state index in [0.29, 0.717) is 12.6 Å². The van der Waals surface area contributed by atoms with Gasteiger partial charge in [0.25, 0.3) is 0 Å². The van der Waals surface area contributed by atoms with E-state index in [4.69, 9.17) is 9.73 Å². The highest BCUT2D eigenvalue weighted by molar-refractivity contribution is 7.10. The van der Waals surface area contributed by atoms with Gasteiger partial charge in [0.15, 0.2) is 5.96 Å². The predicted octanol–water partition coefficient (Wildman–Crippen LogP) is 1.61. The van der Waals surface area contributed by atoms with E-state index in [9.17, 15) is 0 Å². The molecule has 26 heavy (non-hydrogen) atoms. The largest absolute Gasteiger partial charge is 0.379 e. The van der Waals surface area contributed by atoms with Gasteiger partial charge in [-0.25, -0.2) is 4.99 Å². The maximum Gasteiger partial charge on any atom is 0.191 e. The maximum absolute atomic E-state index is 5.52. The smallest absolute Gasteiger partial charge is 0.191 e. The molecule has 1 atom stereocenters. The fraction of sp³-hybridized carbons (Fsp3) is 0.556. The summed E-state index contributed by atoms with van der Waals surface area (Å²) in [7, 11) is 1.94. The first-order valence-electron chi connectivity index (χ1n) is 9.12. The van der Waals surface area contributed by atoms with Crippen LogP contribution in [0.25, 0.3) is 0 Å². The van der Waals surface area contributed by atoms with Crippen molar-refractivity contribution in [2.75, 3.05) is 39.4 Å². The summed E-state index contributed by atoms with van der Waals surface area (Å²) in [5, 5.41) is 13.2. The van der Waals surface area contributed by atoms with Crippen LogP contribution < -0.4 is 10.6 Å². The van der Waals surface area contributed by atoms with E-state index in [-0.39, 0.29) is 0 Å². The zero-order chi connectivity index (χ0) is 18.2. The molecule has 3 heterocycles. The van der Waals surface area contributed by atoms with E-state index in [1.165, 1.54) is 4.88 Å². The number of morpholine rings is 1. The first-order chi connectivity index (χ1) is 12.8. The van der Waals surface area contributed by atoms with Crippen molar-refractivity contribution < 1.29 is 4.74 Å². The van der Waals surface area contributed by atoms with E-state index < -0.39 is 0 Å². The summed E-state index contributed by atoms with van der Waals surface area (Å²) in [6.07, 6.45) is 1.80. The Morgan fingerprint density at radius 3 is 2.85 bits per heavy atom. The van der Waals surface area contributed by atoms with Crippen LogP contribution in [0.3, 0.4) is 0 Å². The number of ether oxygens (including phenoxy) is 1. The quantitative estimate of drug-likeness (QED) is 0.568. The van der Waals surface area contributed by atoms with Crippen molar-refractivity contribution in [3.05, 3.63) is 40.3 Å². The topological polar surface area (TPSA) is 66.7 Å². The lowest BCUT2D eigenvalue weighted by Crippen LogP contribution is -2.46. The molecule has 1 saturated heterocycles. The number of nitrogens with zero attached hydrogens (tertiary/aromatic N) is 4. The van der Waals surface area contributed by atoms with Gasteiger partial charge in [0.2, 0.25) is 0 Å². The Hall–Kier alpha value is -1.90. The van der Waals surface area contributed by atoms with Crippen molar-refractivity contribution in [3.63, 3.8) is 0 Å². The summed E-state index contributed by atoms with van der Waals surface area (Å²) >= 11 is 1.81. The second-order valence-corrected chi connectivity index (χ2v) is 7.18. The third-order valence-corrected chi connectivity index (χ3v) is 5.46. The molecule has 0 spiro atoms. The maximum atomic E-state index is 5.52. The molecule has 0 aromatic carbocycles. The third-order valence-electron chi connectivity index (χ3n) is 4.49. The second-order valence-electron chi connectivity index (χ2n) is 6.20. The molecule has 1 unspecified atom stereocenters. The zero-order valence-electron chi connectivity index (χ0n) is 15.5. The lowest BCUT2D eigenvalue weighted by molar-refractivity contribution is 0.0177. The molecular formula is C18H28N6OS. The summed E-state index contributed by atoms with van der Waals surface area (Å²) < 4.78 is 7.38. The number of hydrogen-bond acceptors (Lipinski definition) is 5. The molecule has 2 aromatic rings. The Balaban J connectivity index is 1.65. The minimum Gasteiger partial charge on any atom is -0.379 e.